The first-order valence-corrected chi connectivity index (χ1v) is 6.57. The second-order valence-electron chi connectivity index (χ2n) is 4.38. The van der Waals surface area contributed by atoms with E-state index in [1.807, 2.05) is 6.92 Å². The number of carbonyl (C=O) groups is 1. The Kier molecular flexibility index (Phi) is 5.48. The van der Waals surface area contributed by atoms with Crippen LogP contribution in [0.3, 0.4) is 0 Å². The van der Waals surface area contributed by atoms with E-state index >= 15 is 0 Å². The van der Waals surface area contributed by atoms with Gasteiger partial charge in [0.05, 0.1) is 11.5 Å². The number of aromatic nitrogens is 2. The van der Waals surface area contributed by atoms with Crippen molar-refractivity contribution in [2.45, 2.75) is 46.7 Å². The molecule has 20 heavy (non-hydrogen) atoms. The molecule has 1 N–H and O–H groups in total. The van der Waals surface area contributed by atoms with Gasteiger partial charge in [0.25, 0.3) is 0 Å². The van der Waals surface area contributed by atoms with Crippen molar-refractivity contribution in [2.24, 2.45) is 0 Å². The Bertz CT molecular complexity index is 498. The molecule has 0 spiro atoms. The number of hydrogen-bond acceptors (Lipinski definition) is 6. The van der Waals surface area contributed by atoms with Crippen molar-refractivity contribution in [3.63, 3.8) is 0 Å². The summed E-state index contributed by atoms with van der Waals surface area (Å²) in [4.78, 5) is 22.3. The number of aryl methyl sites for hydroxylation is 2. The number of carbonyl (C=O) groups excluding carboxylic acids is 1. The van der Waals surface area contributed by atoms with E-state index in [0.29, 0.717) is 12.2 Å². The van der Waals surface area contributed by atoms with Crippen LogP contribution in [0.2, 0.25) is 0 Å². The largest absolute Gasteiger partial charge is 0.464 e. The topological polar surface area (TPSA) is 99.3 Å². The van der Waals surface area contributed by atoms with E-state index in [1.165, 1.54) is 4.68 Å². The fourth-order valence-electron chi connectivity index (χ4n) is 1.84. The summed E-state index contributed by atoms with van der Waals surface area (Å²) in [7, 11) is 0. The van der Waals surface area contributed by atoms with Gasteiger partial charge in [-0.25, -0.2) is 9.48 Å². The molecule has 0 radical (unpaired) electrons. The van der Waals surface area contributed by atoms with Crippen LogP contribution in [0.15, 0.2) is 0 Å². The van der Waals surface area contributed by atoms with Gasteiger partial charge in [0.2, 0.25) is 5.82 Å². The van der Waals surface area contributed by atoms with E-state index in [1.54, 1.807) is 20.8 Å². The van der Waals surface area contributed by atoms with Crippen LogP contribution in [0, 0.1) is 17.0 Å². The molecule has 0 aliphatic heterocycles. The van der Waals surface area contributed by atoms with E-state index in [-0.39, 0.29) is 18.1 Å². The van der Waals surface area contributed by atoms with Crippen molar-refractivity contribution in [3.05, 3.63) is 15.8 Å². The van der Waals surface area contributed by atoms with Gasteiger partial charge in [0.15, 0.2) is 0 Å². The highest BCUT2D eigenvalue weighted by atomic mass is 16.6. The van der Waals surface area contributed by atoms with Crippen LogP contribution >= 0.6 is 0 Å². The minimum Gasteiger partial charge on any atom is -0.464 e. The predicted molar refractivity (Wildman–Crippen MR) is 73.6 cm³/mol. The summed E-state index contributed by atoms with van der Waals surface area (Å²) in [6.45, 7) is 7.62. The molecule has 0 aliphatic rings. The summed E-state index contributed by atoms with van der Waals surface area (Å²) in [5.41, 5.74) is 0.219. The van der Waals surface area contributed by atoms with Crippen molar-refractivity contribution in [1.82, 2.24) is 9.78 Å². The Balaban J connectivity index is 3.07. The lowest BCUT2D eigenvalue weighted by Crippen LogP contribution is -2.29. The van der Waals surface area contributed by atoms with Gasteiger partial charge < -0.3 is 10.1 Å². The van der Waals surface area contributed by atoms with E-state index in [0.717, 1.165) is 6.42 Å². The maximum Gasteiger partial charge on any atom is 0.333 e. The number of rotatable bonds is 7. The summed E-state index contributed by atoms with van der Waals surface area (Å²) in [6, 6.07) is -0.680. The number of anilines is 1. The minimum atomic E-state index is -0.680. The van der Waals surface area contributed by atoms with Gasteiger partial charge in [-0.1, -0.05) is 6.92 Å². The molecule has 0 aliphatic carbocycles. The standard InChI is InChI=1S/C12H20N4O4/c1-5-7-15-11(10(16(18)19)8(3)14-15)13-9(4)12(17)20-6-2/h9,13H,5-7H2,1-4H3. The molecule has 8 heteroatoms. The zero-order valence-corrected chi connectivity index (χ0v) is 12.2. The lowest BCUT2D eigenvalue weighted by Gasteiger charge is -2.14. The quantitative estimate of drug-likeness (QED) is 0.466. The molecule has 0 aromatic carbocycles. The molecule has 0 amide bonds. The lowest BCUT2D eigenvalue weighted by atomic mass is 10.3. The lowest BCUT2D eigenvalue weighted by molar-refractivity contribution is -0.384. The Morgan fingerprint density at radius 1 is 1.55 bits per heavy atom. The second kappa shape index (κ2) is 6.88. The smallest absolute Gasteiger partial charge is 0.333 e. The fraction of sp³-hybridized carbons (Fsp3) is 0.667. The third-order valence-corrected chi connectivity index (χ3v) is 2.71. The number of nitrogens with zero attached hydrogens (tertiary/aromatic N) is 3. The molecule has 1 aromatic rings. The van der Waals surface area contributed by atoms with E-state index in [4.69, 9.17) is 4.74 Å². The highest BCUT2D eigenvalue weighted by molar-refractivity contribution is 5.79. The number of nitro groups is 1. The molecule has 0 saturated heterocycles. The second-order valence-corrected chi connectivity index (χ2v) is 4.38. The molecule has 1 rings (SSSR count). The molecular weight excluding hydrogens is 264 g/mol. The monoisotopic (exact) mass is 284 g/mol. The van der Waals surface area contributed by atoms with Crippen molar-refractivity contribution in [1.29, 1.82) is 0 Å². The van der Waals surface area contributed by atoms with E-state index in [9.17, 15) is 14.9 Å². The maximum absolute atomic E-state index is 11.6. The molecule has 1 heterocycles. The summed E-state index contributed by atoms with van der Waals surface area (Å²) in [6.07, 6.45) is 0.779. The SMILES string of the molecule is CCCn1nc(C)c([N+](=O)[O-])c1NC(C)C(=O)OCC. The molecule has 1 aromatic heterocycles. The summed E-state index contributed by atoms with van der Waals surface area (Å²) in [5.74, 6) is -0.210. The summed E-state index contributed by atoms with van der Waals surface area (Å²) in [5, 5.41) is 18.1. The number of hydrogen-bond donors (Lipinski definition) is 1. The van der Waals surface area contributed by atoms with Crippen LogP contribution < -0.4 is 5.32 Å². The van der Waals surface area contributed by atoms with Crippen LogP contribution in [-0.2, 0) is 16.1 Å². The van der Waals surface area contributed by atoms with E-state index in [2.05, 4.69) is 10.4 Å². The Labute approximate surface area is 117 Å². The average Bonchev–Trinajstić information content (AvgIpc) is 2.66. The Morgan fingerprint density at radius 3 is 2.70 bits per heavy atom. The molecular formula is C12H20N4O4. The van der Waals surface area contributed by atoms with Gasteiger partial charge in [-0.2, -0.15) is 5.10 Å². The number of nitrogens with one attached hydrogen (secondary N) is 1. The summed E-state index contributed by atoms with van der Waals surface area (Å²) < 4.78 is 6.40. The first-order chi connectivity index (χ1) is 9.42. The van der Waals surface area contributed by atoms with E-state index < -0.39 is 16.9 Å². The van der Waals surface area contributed by atoms with Crippen molar-refractivity contribution in [2.75, 3.05) is 11.9 Å². The van der Waals surface area contributed by atoms with Gasteiger partial charge in [-0.05, 0) is 27.2 Å². The molecule has 0 saturated carbocycles. The first-order valence-electron chi connectivity index (χ1n) is 6.57. The number of esters is 1. The van der Waals surface area contributed by atoms with Crippen molar-refractivity contribution >= 4 is 17.5 Å². The highest BCUT2D eigenvalue weighted by Gasteiger charge is 2.27. The third-order valence-electron chi connectivity index (χ3n) is 2.71. The average molecular weight is 284 g/mol. The Hall–Kier alpha value is -2.12. The van der Waals surface area contributed by atoms with Gasteiger partial charge >= 0.3 is 11.7 Å². The molecule has 112 valence electrons. The maximum atomic E-state index is 11.6. The van der Waals surface area contributed by atoms with Crippen LogP contribution in [0.1, 0.15) is 32.9 Å². The zero-order chi connectivity index (χ0) is 15.3. The van der Waals surface area contributed by atoms with Gasteiger partial charge in [0.1, 0.15) is 11.7 Å². The molecule has 1 unspecified atom stereocenters. The Morgan fingerprint density at radius 2 is 2.20 bits per heavy atom. The first kappa shape index (κ1) is 15.9. The van der Waals surface area contributed by atoms with Crippen LogP contribution in [0.5, 0.6) is 0 Å². The van der Waals surface area contributed by atoms with Crippen LogP contribution in [0.4, 0.5) is 11.5 Å². The fourth-order valence-corrected chi connectivity index (χ4v) is 1.84. The molecule has 8 nitrogen and oxygen atoms in total. The normalized spacial score (nSPS) is 12.0. The third kappa shape index (κ3) is 3.46. The van der Waals surface area contributed by atoms with Crippen LogP contribution in [-0.4, -0.2) is 33.3 Å². The van der Waals surface area contributed by atoms with Crippen molar-refractivity contribution < 1.29 is 14.5 Å². The predicted octanol–water partition coefficient (Wildman–Crippen LogP) is 1.87. The molecule has 0 bridgehead atoms. The molecule has 1 atom stereocenters. The minimum absolute atomic E-state index is 0.102. The van der Waals surface area contributed by atoms with Gasteiger partial charge in [0, 0.05) is 6.54 Å². The van der Waals surface area contributed by atoms with Gasteiger partial charge in [-0.15, -0.1) is 0 Å². The summed E-state index contributed by atoms with van der Waals surface area (Å²) >= 11 is 0. The number of ether oxygens (including phenoxy) is 1. The van der Waals surface area contributed by atoms with Crippen molar-refractivity contribution in [3.8, 4) is 0 Å². The molecule has 0 fully saturated rings. The van der Waals surface area contributed by atoms with Crippen LogP contribution in [0.25, 0.3) is 0 Å². The zero-order valence-electron chi connectivity index (χ0n) is 12.2. The highest BCUT2D eigenvalue weighted by Crippen LogP contribution is 2.29. The van der Waals surface area contributed by atoms with Gasteiger partial charge in [-0.3, -0.25) is 10.1 Å².